The summed E-state index contributed by atoms with van der Waals surface area (Å²) in [5.41, 5.74) is 1.72. The summed E-state index contributed by atoms with van der Waals surface area (Å²) < 4.78 is 11.5. The van der Waals surface area contributed by atoms with Crippen LogP contribution in [0.5, 0.6) is 0 Å². The molecule has 0 heterocycles. The van der Waals surface area contributed by atoms with Gasteiger partial charge < -0.3 is 9.16 Å². The van der Waals surface area contributed by atoms with Crippen molar-refractivity contribution in [2.45, 2.75) is 71.3 Å². The Morgan fingerprint density at radius 1 is 1.26 bits per heavy atom. The van der Waals surface area contributed by atoms with E-state index in [-0.39, 0.29) is 11.0 Å². The van der Waals surface area contributed by atoms with E-state index in [9.17, 15) is 4.79 Å². The normalized spacial score (nSPS) is 15.2. The maximum absolute atomic E-state index is 11.7. The second-order valence-electron chi connectivity index (χ2n) is 7.12. The quantitative estimate of drug-likeness (QED) is 0.339. The molecule has 0 rings (SSSR count). The van der Waals surface area contributed by atoms with Gasteiger partial charge in [-0.1, -0.05) is 20.8 Å². The zero-order chi connectivity index (χ0) is 15.5. The number of esters is 1. The molecule has 0 aromatic heterocycles. The SMILES string of the molecule is CC(NN)C(=O)OC(C)(C)CO[Si](C)(C)C(C)(C)C. The molecule has 0 saturated heterocycles. The number of nitrogens with two attached hydrogens (primary N) is 1. The van der Waals surface area contributed by atoms with Gasteiger partial charge >= 0.3 is 5.97 Å². The van der Waals surface area contributed by atoms with Gasteiger partial charge in [-0.2, -0.15) is 0 Å². The molecule has 0 saturated carbocycles. The topological polar surface area (TPSA) is 73.6 Å². The molecule has 1 unspecified atom stereocenters. The Labute approximate surface area is 118 Å². The highest BCUT2D eigenvalue weighted by molar-refractivity contribution is 6.74. The van der Waals surface area contributed by atoms with Crippen LogP contribution in [0.3, 0.4) is 0 Å². The number of hydrogen-bond donors (Lipinski definition) is 2. The lowest BCUT2D eigenvalue weighted by Gasteiger charge is -2.38. The van der Waals surface area contributed by atoms with Gasteiger partial charge in [0.2, 0.25) is 0 Å². The smallest absolute Gasteiger partial charge is 0.324 e. The second-order valence-corrected chi connectivity index (χ2v) is 11.9. The van der Waals surface area contributed by atoms with E-state index in [2.05, 4.69) is 39.3 Å². The fourth-order valence-corrected chi connectivity index (χ4v) is 2.17. The van der Waals surface area contributed by atoms with Crippen molar-refractivity contribution in [3.63, 3.8) is 0 Å². The molecule has 0 aromatic carbocycles. The second kappa shape index (κ2) is 6.34. The van der Waals surface area contributed by atoms with Gasteiger partial charge in [0.25, 0.3) is 0 Å². The van der Waals surface area contributed by atoms with E-state index < -0.39 is 20.0 Å². The van der Waals surface area contributed by atoms with E-state index in [1.165, 1.54) is 0 Å². The monoisotopic (exact) mass is 290 g/mol. The molecule has 1 atom stereocenters. The van der Waals surface area contributed by atoms with Crippen molar-refractivity contribution in [2.75, 3.05) is 6.61 Å². The Morgan fingerprint density at radius 2 is 1.74 bits per heavy atom. The molecule has 0 radical (unpaired) electrons. The molecule has 0 spiro atoms. The molecule has 0 amide bonds. The third-order valence-corrected chi connectivity index (χ3v) is 8.05. The van der Waals surface area contributed by atoms with Crippen LogP contribution in [-0.2, 0) is 14.0 Å². The number of ether oxygens (including phenoxy) is 1. The fraction of sp³-hybridized carbons (Fsp3) is 0.923. The largest absolute Gasteiger partial charge is 0.456 e. The Kier molecular flexibility index (Phi) is 6.20. The summed E-state index contributed by atoms with van der Waals surface area (Å²) in [4.78, 5) is 11.7. The summed E-state index contributed by atoms with van der Waals surface area (Å²) in [6.45, 7) is 16.6. The first kappa shape index (κ1) is 18.6. The summed E-state index contributed by atoms with van der Waals surface area (Å²) >= 11 is 0. The number of hydrazine groups is 1. The van der Waals surface area contributed by atoms with Crippen LogP contribution in [0.4, 0.5) is 0 Å². The van der Waals surface area contributed by atoms with Crippen molar-refractivity contribution >= 4 is 14.3 Å². The van der Waals surface area contributed by atoms with E-state index in [1.807, 2.05) is 13.8 Å². The Morgan fingerprint density at radius 3 is 2.11 bits per heavy atom. The molecule has 0 bridgehead atoms. The highest BCUT2D eigenvalue weighted by Gasteiger charge is 2.39. The number of carbonyl (C=O) groups is 1. The van der Waals surface area contributed by atoms with Gasteiger partial charge in [0.05, 0.1) is 6.61 Å². The van der Waals surface area contributed by atoms with Crippen LogP contribution in [0.25, 0.3) is 0 Å². The first-order valence-corrected chi connectivity index (χ1v) is 9.56. The van der Waals surface area contributed by atoms with Crippen LogP contribution in [0.2, 0.25) is 18.1 Å². The van der Waals surface area contributed by atoms with Crippen molar-refractivity contribution in [3.05, 3.63) is 0 Å². The van der Waals surface area contributed by atoms with Crippen LogP contribution in [0.1, 0.15) is 41.5 Å². The maximum Gasteiger partial charge on any atom is 0.324 e. The summed E-state index contributed by atoms with van der Waals surface area (Å²) in [6, 6.07) is -0.521. The number of nitrogens with one attached hydrogen (secondary N) is 1. The molecule has 19 heavy (non-hydrogen) atoms. The zero-order valence-corrected chi connectivity index (χ0v) is 14.6. The van der Waals surface area contributed by atoms with Crippen molar-refractivity contribution < 1.29 is 14.0 Å². The minimum Gasteiger partial charge on any atom is -0.456 e. The number of hydrogen-bond acceptors (Lipinski definition) is 5. The van der Waals surface area contributed by atoms with E-state index in [0.29, 0.717) is 6.61 Å². The Hall–Kier alpha value is -0.433. The highest BCUT2D eigenvalue weighted by atomic mass is 28.4. The molecule has 0 aromatic rings. The van der Waals surface area contributed by atoms with Crippen LogP contribution in [-0.4, -0.2) is 32.5 Å². The van der Waals surface area contributed by atoms with Crippen molar-refractivity contribution in [1.29, 1.82) is 0 Å². The summed E-state index contributed by atoms with van der Waals surface area (Å²) in [7, 11) is -1.83. The third kappa shape index (κ3) is 6.03. The van der Waals surface area contributed by atoms with E-state index in [1.54, 1.807) is 6.92 Å². The van der Waals surface area contributed by atoms with Gasteiger partial charge in [0.1, 0.15) is 11.6 Å². The molecule has 0 aliphatic heterocycles. The molecule has 3 N–H and O–H groups in total. The van der Waals surface area contributed by atoms with E-state index >= 15 is 0 Å². The molecule has 114 valence electrons. The lowest BCUT2D eigenvalue weighted by Crippen LogP contribution is -2.48. The van der Waals surface area contributed by atoms with Crippen molar-refractivity contribution in [1.82, 2.24) is 5.43 Å². The Balaban J connectivity index is 4.51. The van der Waals surface area contributed by atoms with Crippen molar-refractivity contribution in [2.24, 2.45) is 5.84 Å². The highest BCUT2D eigenvalue weighted by Crippen LogP contribution is 2.37. The van der Waals surface area contributed by atoms with Gasteiger partial charge in [-0.15, -0.1) is 0 Å². The lowest BCUT2D eigenvalue weighted by atomic mass is 10.1. The van der Waals surface area contributed by atoms with E-state index in [0.717, 1.165) is 0 Å². The van der Waals surface area contributed by atoms with Crippen LogP contribution in [0, 0.1) is 0 Å². The minimum absolute atomic E-state index is 0.138. The predicted octanol–water partition coefficient (Wildman–Crippen LogP) is 2.18. The van der Waals surface area contributed by atoms with Crippen molar-refractivity contribution in [3.8, 4) is 0 Å². The van der Waals surface area contributed by atoms with Gasteiger partial charge in [-0.25, -0.2) is 5.43 Å². The molecule has 0 aliphatic carbocycles. The average Bonchev–Trinajstić information content (AvgIpc) is 2.23. The lowest BCUT2D eigenvalue weighted by molar-refractivity contribution is -0.161. The van der Waals surface area contributed by atoms with Gasteiger partial charge in [-0.05, 0) is 38.9 Å². The van der Waals surface area contributed by atoms with Crippen LogP contribution < -0.4 is 11.3 Å². The minimum atomic E-state index is -1.83. The van der Waals surface area contributed by atoms with Gasteiger partial charge in [0.15, 0.2) is 8.32 Å². The third-order valence-electron chi connectivity index (χ3n) is 3.57. The van der Waals surface area contributed by atoms with Crippen LogP contribution >= 0.6 is 0 Å². The fourth-order valence-electron chi connectivity index (χ4n) is 1.03. The molecule has 5 nitrogen and oxygen atoms in total. The van der Waals surface area contributed by atoms with Gasteiger partial charge in [-0.3, -0.25) is 10.6 Å². The first-order valence-electron chi connectivity index (χ1n) is 6.65. The Bertz CT molecular complexity index is 312. The summed E-state index contributed by atoms with van der Waals surface area (Å²) in [6.07, 6.45) is 0. The molecular weight excluding hydrogens is 260 g/mol. The van der Waals surface area contributed by atoms with Crippen LogP contribution in [0.15, 0.2) is 0 Å². The summed E-state index contributed by atoms with van der Waals surface area (Å²) in [5, 5.41) is 0.138. The number of carbonyl (C=O) groups excluding carboxylic acids is 1. The van der Waals surface area contributed by atoms with Gasteiger partial charge in [0, 0.05) is 0 Å². The predicted molar refractivity (Wildman–Crippen MR) is 80.1 cm³/mol. The molecular formula is C13H30N2O3Si. The number of rotatable bonds is 6. The molecule has 0 aliphatic rings. The zero-order valence-electron chi connectivity index (χ0n) is 13.6. The standard InChI is InChI=1S/C13H30N2O3Si/c1-10(15-14)11(16)18-13(5,6)9-17-19(7,8)12(2,3)4/h10,15H,9,14H2,1-8H3. The maximum atomic E-state index is 11.7. The molecule has 0 fully saturated rings. The molecule has 6 heteroatoms. The van der Waals surface area contributed by atoms with E-state index in [4.69, 9.17) is 15.0 Å². The summed E-state index contributed by atoms with van der Waals surface area (Å²) in [5.74, 6) is 4.85. The average molecular weight is 290 g/mol. The first-order chi connectivity index (χ1) is 8.32.